The fraction of sp³-hybridized carbons (Fsp3) is 0.263. The van der Waals surface area contributed by atoms with E-state index in [0.29, 0.717) is 6.54 Å². The summed E-state index contributed by atoms with van der Waals surface area (Å²) in [6, 6.07) is 8.90. The van der Waals surface area contributed by atoms with Crippen LogP contribution in [0.15, 0.2) is 46.1 Å². The molecule has 0 N–H and O–H groups in total. The predicted molar refractivity (Wildman–Crippen MR) is 101 cm³/mol. The van der Waals surface area contributed by atoms with E-state index in [1.54, 1.807) is 14.2 Å². The Morgan fingerprint density at radius 1 is 1.15 bits per heavy atom. The van der Waals surface area contributed by atoms with Crippen LogP contribution in [-0.4, -0.2) is 39.1 Å². The fourth-order valence-electron chi connectivity index (χ4n) is 2.88. The second-order valence-corrected chi connectivity index (χ2v) is 6.31. The van der Waals surface area contributed by atoms with Crippen LogP contribution in [0.3, 0.4) is 0 Å². The lowest BCUT2D eigenvalue weighted by atomic mass is 10.1. The Morgan fingerprint density at radius 2 is 1.81 bits per heavy atom. The van der Waals surface area contributed by atoms with Crippen LogP contribution in [-0.2, 0) is 20.6 Å². The molecule has 0 unspecified atom stereocenters. The second kappa shape index (κ2) is 7.06. The molecule has 0 saturated heterocycles. The molecule has 0 saturated carbocycles. The molecule has 0 bridgehead atoms. The van der Waals surface area contributed by atoms with Gasteiger partial charge in [0.05, 0.1) is 18.1 Å². The van der Waals surface area contributed by atoms with Crippen molar-refractivity contribution in [2.75, 3.05) is 14.2 Å². The summed E-state index contributed by atoms with van der Waals surface area (Å²) in [7, 11) is 6.20. The number of hydrogen-bond acceptors (Lipinski definition) is 5. The lowest BCUT2D eigenvalue weighted by Gasteiger charge is -2.18. The Morgan fingerprint density at radius 3 is 2.44 bits per heavy atom. The third kappa shape index (κ3) is 3.33. The zero-order valence-corrected chi connectivity index (χ0v) is 15.6. The third-order valence-corrected chi connectivity index (χ3v) is 4.47. The van der Waals surface area contributed by atoms with Gasteiger partial charge in [0.2, 0.25) is 0 Å². The van der Waals surface area contributed by atoms with Gasteiger partial charge in [-0.3, -0.25) is 18.7 Å². The zero-order valence-electron chi connectivity index (χ0n) is 15.6. The number of hydrogen-bond donors (Lipinski definition) is 0. The molecule has 140 valence electrons. The van der Waals surface area contributed by atoms with Gasteiger partial charge >= 0.3 is 5.69 Å². The maximum absolute atomic E-state index is 12.7. The van der Waals surface area contributed by atoms with Crippen LogP contribution in [0.1, 0.15) is 15.9 Å². The second-order valence-electron chi connectivity index (χ2n) is 6.31. The number of methoxy groups -OCH3 is 1. The first-order valence-electron chi connectivity index (χ1n) is 8.27. The van der Waals surface area contributed by atoms with Gasteiger partial charge in [0, 0.05) is 33.9 Å². The quantitative estimate of drug-likeness (QED) is 0.683. The van der Waals surface area contributed by atoms with Gasteiger partial charge in [-0.15, -0.1) is 0 Å². The van der Waals surface area contributed by atoms with E-state index in [1.807, 2.05) is 24.3 Å². The minimum absolute atomic E-state index is 0.225. The van der Waals surface area contributed by atoms with Crippen LogP contribution in [0.4, 0.5) is 0 Å². The fourth-order valence-corrected chi connectivity index (χ4v) is 2.88. The number of amides is 1. The molecule has 0 aliphatic carbocycles. The number of carbonyl (C=O) groups excluding carboxylic acids is 1. The number of carbonyl (C=O) groups is 1. The minimum Gasteiger partial charge on any atom is -0.497 e. The van der Waals surface area contributed by atoms with Gasteiger partial charge in [0.25, 0.3) is 11.5 Å². The molecule has 8 heteroatoms. The number of rotatable bonds is 4. The molecular formula is C19H20N4O4. The number of benzene rings is 1. The SMILES string of the molecule is COc1ccc(CN(C)C(=O)c2cnc3c(c2)c(=O)n(C)c(=O)n3C)cc1. The number of pyridine rings is 1. The van der Waals surface area contributed by atoms with Crippen molar-refractivity contribution in [1.82, 2.24) is 19.0 Å². The third-order valence-electron chi connectivity index (χ3n) is 4.47. The van der Waals surface area contributed by atoms with Crippen LogP contribution >= 0.6 is 0 Å². The van der Waals surface area contributed by atoms with E-state index in [9.17, 15) is 14.4 Å². The standard InChI is InChI=1S/C19H20N4O4/c1-21(11-12-5-7-14(27-4)8-6-12)17(24)13-9-15-16(20-10-13)22(2)19(26)23(3)18(15)25/h5-10H,11H2,1-4H3. The molecule has 0 spiro atoms. The molecule has 2 heterocycles. The Hall–Kier alpha value is -3.42. The van der Waals surface area contributed by atoms with E-state index < -0.39 is 11.2 Å². The van der Waals surface area contributed by atoms with Crippen LogP contribution in [0, 0.1) is 0 Å². The average Bonchev–Trinajstić information content (AvgIpc) is 2.70. The van der Waals surface area contributed by atoms with Crippen molar-refractivity contribution < 1.29 is 9.53 Å². The monoisotopic (exact) mass is 368 g/mol. The summed E-state index contributed by atoms with van der Waals surface area (Å²) in [5, 5.41) is 0.225. The van der Waals surface area contributed by atoms with Crippen molar-refractivity contribution in [2.24, 2.45) is 14.1 Å². The number of fused-ring (bicyclic) bond motifs is 1. The maximum Gasteiger partial charge on any atom is 0.332 e. The van der Waals surface area contributed by atoms with Crippen molar-refractivity contribution in [3.05, 3.63) is 68.5 Å². The molecule has 3 rings (SSSR count). The topological polar surface area (TPSA) is 86.4 Å². The highest BCUT2D eigenvalue weighted by Crippen LogP contribution is 2.14. The van der Waals surface area contributed by atoms with Crippen molar-refractivity contribution in [1.29, 1.82) is 0 Å². The van der Waals surface area contributed by atoms with Gasteiger partial charge in [0.15, 0.2) is 0 Å². The molecular weight excluding hydrogens is 348 g/mol. The summed E-state index contributed by atoms with van der Waals surface area (Å²) in [5.41, 5.74) is 0.536. The molecule has 2 aromatic heterocycles. The summed E-state index contributed by atoms with van der Waals surface area (Å²) >= 11 is 0. The van der Waals surface area contributed by atoms with E-state index >= 15 is 0 Å². The number of aryl methyl sites for hydroxylation is 1. The first-order chi connectivity index (χ1) is 12.8. The van der Waals surface area contributed by atoms with Gasteiger partial charge in [-0.25, -0.2) is 9.78 Å². The molecule has 27 heavy (non-hydrogen) atoms. The van der Waals surface area contributed by atoms with Gasteiger partial charge in [-0.2, -0.15) is 0 Å². The molecule has 0 fully saturated rings. The summed E-state index contributed by atoms with van der Waals surface area (Å²) in [5.74, 6) is 0.476. The van der Waals surface area contributed by atoms with Crippen LogP contribution in [0.25, 0.3) is 11.0 Å². The Bertz CT molecular complexity index is 1130. The largest absolute Gasteiger partial charge is 0.497 e. The Balaban J connectivity index is 1.93. The van der Waals surface area contributed by atoms with Gasteiger partial charge in [-0.1, -0.05) is 12.1 Å². The Labute approximate surface area is 155 Å². The van der Waals surface area contributed by atoms with Crippen LogP contribution in [0.5, 0.6) is 5.75 Å². The predicted octanol–water partition coefficient (Wildman–Crippen LogP) is 0.913. The minimum atomic E-state index is -0.479. The Kier molecular flexibility index (Phi) is 4.81. The van der Waals surface area contributed by atoms with Gasteiger partial charge in [0.1, 0.15) is 11.4 Å². The highest BCUT2D eigenvalue weighted by molar-refractivity contribution is 5.96. The molecule has 1 aromatic carbocycles. The first kappa shape index (κ1) is 18.4. The molecule has 0 aliphatic heterocycles. The molecule has 3 aromatic rings. The molecule has 0 aliphatic rings. The zero-order chi connectivity index (χ0) is 19.7. The smallest absolute Gasteiger partial charge is 0.332 e. The molecule has 0 atom stereocenters. The average molecular weight is 368 g/mol. The van der Waals surface area contributed by atoms with Crippen molar-refractivity contribution in [3.8, 4) is 5.75 Å². The number of ether oxygens (including phenoxy) is 1. The van der Waals surface area contributed by atoms with Crippen molar-refractivity contribution in [2.45, 2.75) is 6.54 Å². The van der Waals surface area contributed by atoms with Crippen LogP contribution < -0.4 is 16.0 Å². The van der Waals surface area contributed by atoms with E-state index in [1.165, 1.54) is 35.8 Å². The summed E-state index contributed by atoms with van der Waals surface area (Å²) < 4.78 is 7.41. The number of aromatic nitrogens is 3. The van der Waals surface area contributed by atoms with Crippen LogP contribution in [0.2, 0.25) is 0 Å². The first-order valence-corrected chi connectivity index (χ1v) is 8.27. The van der Waals surface area contributed by atoms with E-state index in [0.717, 1.165) is 15.9 Å². The van der Waals surface area contributed by atoms with Gasteiger partial charge < -0.3 is 9.64 Å². The maximum atomic E-state index is 12.7. The summed E-state index contributed by atoms with van der Waals surface area (Å²) in [6.45, 7) is 0.395. The molecule has 0 radical (unpaired) electrons. The molecule has 8 nitrogen and oxygen atoms in total. The lowest BCUT2D eigenvalue weighted by Crippen LogP contribution is -2.37. The van der Waals surface area contributed by atoms with E-state index in [4.69, 9.17) is 4.74 Å². The van der Waals surface area contributed by atoms with E-state index in [2.05, 4.69) is 4.98 Å². The molecule has 1 amide bonds. The van der Waals surface area contributed by atoms with Gasteiger partial charge in [-0.05, 0) is 23.8 Å². The highest BCUT2D eigenvalue weighted by Gasteiger charge is 2.16. The van der Waals surface area contributed by atoms with Crippen molar-refractivity contribution >= 4 is 16.9 Å². The summed E-state index contributed by atoms with van der Waals surface area (Å²) in [4.78, 5) is 42.8. The summed E-state index contributed by atoms with van der Waals surface area (Å²) in [6.07, 6.45) is 1.38. The number of nitrogens with zero attached hydrogens (tertiary/aromatic N) is 4. The normalized spacial score (nSPS) is 10.8. The van der Waals surface area contributed by atoms with E-state index in [-0.39, 0.29) is 22.5 Å². The van der Waals surface area contributed by atoms with Crippen molar-refractivity contribution in [3.63, 3.8) is 0 Å². The lowest BCUT2D eigenvalue weighted by molar-refractivity contribution is 0.0785. The highest BCUT2D eigenvalue weighted by atomic mass is 16.5.